The first-order chi connectivity index (χ1) is 16.7. The fraction of sp³-hybridized carbons (Fsp3) is 0.154. The molecule has 2 heterocycles. The number of hydrogen-bond donors (Lipinski definition) is 1. The Balaban J connectivity index is 1.20. The summed E-state index contributed by atoms with van der Waals surface area (Å²) in [5.41, 5.74) is 2.44. The fourth-order valence-electron chi connectivity index (χ4n) is 3.82. The van der Waals surface area contributed by atoms with Crippen LogP contribution < -0.4 is 14.8 Å². The van der Waals surface area contributed by atoms with E-state index >= 15 is 0 Å². The Morgan fingerprint density at radius 2 is 1.82 bits per heavy atom. The number of fused-ring (bicyclic) bond motifs is 2. The van der Waals surface area contributed by atoms with Crippen molar-refractivity contribution < 1.29 is 14.3 Å². The average molecular weight is 454 g/mol. The van der Waals surface area contributed by atoms with Crippen molar-refractivity contribution in [1.29, 1.82) is 0 Å². The summed E-state index contributed by atoms with van der Waals surface area (Å²) in [5.74, 6) is 1.67. The quantitative estimate of drug-likeness (QED) is 0.361. The van der Waals surface area contributed by atoms with Crippen molar-refractivity contribution in [2.75, 3.05) is 20.3 Å². The molecule has 1 amide bonds. The van der Waals surface area contributed by atoms with Crippen LogP contribution >= 0.6 is 0 Å². The molecule has 5 rings (SSSR count). The summed E-state index contributed by atoms with van der Waals surface area (Å²) in [7, 11) is 1.62. The molecular weight excluding hydrogens is 430 g/mol. The first kappa shape index (κ1) is 21.4. The first-order valence-corrected chi connectivity index (χ1v) is 10.9. The van der Waals surface area contributed by atoms with Crippen molar-refractivity contribution >= 4 is 22.3 Å². The molecule has 0 bridgehead atoms. The number of ether oxygens (including phenoxy) is 2. The summed E-state index contributed by atoms with van der Waals surface area (Å²) in [6, 6.07) is 25.1. The van der Waals surface area contributed by atoms with E-state index in [-0.39, 0.29) is 12.5 Å². The van der Waals surface area contributed by atoms with E-state index in [0.29, 0.717) is 30.3 Å². The number of nitrogens with zero attached hydrogens (tertiary/aromatic N) is 4. The highest BCUT2D eigenvalue weighted by Crippen LogP contribution is 2.23. The number of nitrogens with one attached hydrogen (secondary N) is 1. The minimum absolute atomic E-state index is 0.0533. The van der Waals surface area contributed by atoms with Gasteiger partial charge in [0, 0.05) is 11.6 Å². The Morgan fingerprint density at radius 3 is 2.74 bits per heavy atom. The summed E-state index contributed by atoms with van der Waals surface area (Å²) >= 11 is 0. The lowest BCUT2D eigenvalue weighted by molar-refractivity contribution is -0.120. The Morgan fingerprint density at radius 1 is 0.971 bits per heavy atom. The molecule has 0 saturated heterocycles. The van der Waals surface area contributed by atoms with Gasteiger partial charge in [-0.2, -0.15) is 4.52 Å². The van der Waals surface area contributed by atoms with Gasteiger partial charge in [0.15, 0.2) is 11.5 Å². The van der Waals surface area contributed by atoms with Crippen LogP contribution in [0.1, 0.15) is 5.56 Å². The van der Waals surface area contributed by atoms with Gasteiger partial charge in [-0.15, -0.1) is 15.3 Å². The number of amides is 1. The lowest BCUT2D eigenvalue weighted by atomic mass is 10.0. The fourth-order valence-corrected chi connectivity index (χ4v) is 3.82. The van der Waals surface area contributed by atoms with Crippen molar-refractivity contribution in [3.8, 4) is 23.0 Å². The molecule has 0 saturated carbocycles. The zero-order valence-electron chi connectivity index (χ0n) is 18.6. The largest absolute Gasteiger partial charge is 0.497 e. The van der Waals surface area contributed by atoms with Crippen molar-refractivity contribution in [3.63, 3.8) is 0 Å². The molecule has 3 aromatic carbocycles. The SMILES string of the molecule is COc1cccc(-c2nnc3ccc(OCCNC(=O)Cc4cccc5ccccc45)nn23)c1. The lowest BCUT2D eigenvalue weighted by Crippen LogP contribution is -2.29. The second kappa shape index (κ2) is 9.58. The molecule has 8 heteroatoms. The highest BCUT2D eigenvalue weighted by Gasteiger charge is 2.12. The standard InChI is InChI=1S/C26H23N5O3/c1-33-21-10-5-9-20(16-21)26-29-28-23-12-13-25(30-31(23)26)34-15-14-27-24(32)17-19-8-4-7-18-6-2-3-11-22(18)19/h2-13,16H,14-15,17H2,1H3,(H,27,32). The molecule has 0 aliphatic carbocycles. The molecule has 0 unspecified atom stereocenters. The van der Waals surface area contributed by atoms with Crippen LogP contribution in [0.15, 0.2) is 78.9 Å². The zero-order chi connectivity index (χ0) is 23.3. The van der Waals surface area contributed by atoms with Crippen LogP contribution in [0.3, 0.4) is 0 Å². The number of hydrogen-bond acceptors (Lipinski definition) is 6. The van der Waals surface area contributed by atoms with Gasteiger partial charge in [-0.25, -0.2) is 0 Å². The van der Waals surface area contributed by atoms with Gasteiger partial charge in [-0.05, 0) is 34.5 Å². The number of rotatable bonds is 8. The number of carbonyl (C=O) groups is 1. The maximum atomic E-state index is 12.4. The summed E-state index contributed by atoms with van der Waals surface area (Å²) in [6.45, 7) is 0.657. The van der Waals surface area contributed by atoms with Crippen LogP contribution in [-0.4, -0.2) is 46.0 Å². The highest BCUT2D eigenvalue weighted by molar-refractivity contribution is 5.90. The van der Waals surface area contributed by atoms with E-state index in [1.54, 1.807) is 23.8 Å². The minimum Gasteiger partial charge on any atom is -0.497 e. The monoisotopic (exact) mass is 453 g/mol. The second-order valence-corrected chi connectivity index (χ2v) is 7.71. The number of aromatic nitrogens is 4. The Labute approximate surface area is 196 Å². The number of benzene rings is 3. The molecule has 0 spiro atoms. The van der Waals surface area contributed by atoms with E-state index in [4.69, 9.17) is 9.47 Å². The van der Waals surface area contributed by atoms with Gasteiger partial charge in [-0.1, -0.05) is 54.6 Å². The molecule has 1 N–H and O–H groups in total. The molecule has 8 nitrogen and oxygen atoms in total. The summed E-state index contributed by atoms with van der Waals surface area (Å²) in [5, 5.41) is 18.0. The van der Waals surface area contributed by atoms with Gasteiger partial charge >= 0.3 is 0 Å². The smallest absolute Gasteiger partial charge is 0.231 e. The van der Waals surface area contributed by atoms with Crippen LogP contribution in [0, 0.1) is 0 Å². The van der Waals surface area contributed by atoms with Crippen LogP contribution in [0.2, 0.25) is 0 Å². The number of methoxy groups -OCH3 is 1. The van der Waals surface area contributed by atoms with Gasteiger partial charge < -0.3 is 14.8 Å². The third-order valence-corrected chi connectivity index (χ3v) is 5.47. The third kappa shape index (κ3) is 4.52. The average Bonchev–Trinajstić information content (AvgIpc) is 3.30. The maximum Gasteiger partial charge on any atom is 0.231 e. The van der Waals surface area contributed by atoms with Gasteiger partial charge in [-0.3, -0.25) is 4.79 Å². The van der Waals surface area contributed by atoms with Crippen molar-refractivity contribution in [2.24, 2.45) is 0 Å². The van der Waals surface area contributed by atoms with Crippen LogP contribution in [0.25, 0.3) is 27.8 Å². The first-order valence-electron chi connectivity index (χ1n) is 10.9. The molecule has 0 fully saturated rings. The minimum atomic E-state index is -0.0533. The molecule has 5 aromatic rings. The second-order valence-electron chi connectivity index (χ2n) is 7.71. The van der Waals surface area contributed by atoms with Gasteiger partial charge in [0.1, 0.15) is 12.4 Å². The van der Waals surface area contributed by atoms with Gasteiger partial charge in [0.05, 0.1) is 20.1 Å². The maximum absolute atomic E-state index is 12.4. The topological polar surface area (TPSA) is 90.6 Å². The van der Waals surface area contributed by atoms with Gasteiger partial charge in [0.25, 0.3) is 0 Å². The number of carbonyl (C=O) groups excluding carboxylic acids is 1. The van der Waals surface area contributed by atoms with E-state index in [1.807, 2.05) is 66.7 Å². The predicted octanol–water partition coefficient (Wildman–Crippen LogP) is 3.69. The predicted molar refractivity (Wildman–Crippen MR) is 129 cm³/mol. The Kier molecular flexibility index (Phi) is 6.03. The zero-order valence-corrected chi connectivity index (χ0v) is 18.6. The van der Waals surface area contributed by atoms with Gasteiger partial charge in [0.2, 0.25) is 11.8 Å². The van der Waals surface area contributed by atoms with Crippen LogP contribution in [-0.2, 0) is 11.2 Å². The highest BCUT2D eigenvalue weighted by atomic mass is 16.5. The molecule has 0 radical (unpaired) electrons. The van der Waals surface area contributed by atoms with E-state index in [1.165, 1.54) is 0 Å². The normalized spacial score (nSPS) is 11.0. The van der Waals surface area contributed by atoms with Crippen molar-refractivity contribution in [1.82, 2.24) is 25.1 Å². The lowest BCUT2D eigenvalue weighted by Gasteiger charge is -2.09. The van der Waals surface area contributed by atoms with Crippen LogP contribution in [0.4, 0.5) is 0 Å². The molecule has 170 valence electrons. The van der Waals surface area contributed by atoms with E-state index in [2.05, 4.69) is 20.6 Å². The molecular formula is C26H23N5O3. The third-order valence-electron chi connectivity index (χ3n) is 5.47. The molecule has 34 heavy (non-hydrogen) atoms. The van der Waals surface area contributed by atoms with Crippen LogP contribution in [0.5, 0.6) is 11.6 Å². The summed E-state index contributed by atoms with van der Waals surface area (Å²) in [6.07, 6.45) is 0.316. The summed E-state index contributed by atoms with van der Waals surface area (Å²) in [4.78, 5) is 12.4. The Hall–Kier alpha value is -4.46. The van der Waals surface area contributed by atoms with E-state index in [9.17, 15) is 4.79 Å². The molecule has 2 aromatic heterocycles. The molecule has 0 atom stereocenters. The molecule has 0 aliphatic heterocycles. The molecule has 0 aliphatic rings. The van der Waals surface area contributed by atoms with E-state index < -0.39 is 0 Å². The Bertz CT molecular complexity index is 1460. The van der Waals surface area contributed by atoms with Crippen molar-refractivity contribution in [3.05, 3.63) is 84.4 Å². The van der Waals surface area contributed by atoms with E-state index in [0.717, 1.165) is 27.6 Å². The van der Waals surface area contributed by atoms with Crippen molar-refractivity contribution in [2.45, 2.75) is 6.42 Å². The summed E-state index contributed by atoms with van der Waals surface area (Å²) < 4.78 is 12.7.